The highest BCUT2D eigenvalue weighted by molar-refractivity contribution is 14.0. The molecule has 0 aliphatic heterocycles. The Bertz CT molecular complexity index is 334. The molecule has 5 nitrogen and oxygen atoms in total. The van der Waals surface area contributed by atoms with Gasteiger partial charge >= 0.3 is 0 Å². The number of nitrogens with zero attached hydrogens (tertiary/aromatic N) is 2. The molecule has 0 heterocycles. The maximum Gasteiger partial charge on any atom is 0.243 e. The first-order chi connectivity index (χ1) is 10.1. The quantitative estimate of drug-likeness (QED) is 0.283. The van der Waals surface area contributed by atoms with Crippen LogP contribution < -0.4 is 10.6 Å². The van der Waals surface area contributed by atoms with E-state index >= 15 is 0 Å². The van der Waals surface area contributed by atoms with Crippen LogP contribution in [-0.4, -0.2) is 57.2 Å². The zero-order valence-electron chi connectivity index (χ0n) is 13.7. The molecule has 130 valence electrons. The largest absolute Gasteiger partial charge is 0.356 e. The molecule has 1 aliphatic carbocycles. The van der Waals surface area contributed by atoms with Crippen molar-refractivity contribution >= 4 is 35.8 Å². The minimum atomic E-state index is -0.348. The number of hydrogen-bond donors (Lipinski definition) is 2. The Morgan fingerprint density at radius 3 is 2.50 bits per heavy atom. The predicted octanol–water partition coefficient (Wildman–Crippen LogP) is 2.17. The van der Waals surface area contributed by atoms with Crippen molar-refractivity contribution < 1.29 is 9.18 Å². The summed E-state index contributed by atoms with van der Waals surface area (Å²) in [6.45, 7) is 1.17. The Balaban J connectivity index is 0.00000441. The van der Waals surface area contributed by atoms with Crippen LogP contribution >= 0.6 is 24.0 Å². The fourth-order valence-electron chi connectivity index (χ4n) is 2.37. The Labute approximate surface area is 150 Å². The summed E-state index contributed by atoms with van der Waals surface area (Å²) in [5.41, 5.74) is 0. The second-order valence-electron chi connectivity index (χ2n) is 5.81. The van der Waals surface area contributed by atoms with Gasteiger partial charge in [0, 0.05) is 27.2 Å². The normalized spacial score (nSPS) is 15.9. The molecule has 1 fully saturated rings. The van der Waals surface area contributed by atoms with Gasteiger partial charge in [0.05, 0.1) is 6.67 Å². The third kappa shape index (κ3) is 9.42. The minimum absolute atomic E-state index is 0. The lowest BCUT2D eigenvalue weighted by molar-refractivity contribution is -0.127. The number of halogens is 2. The second-order valence-corrected chi connectivity index (χ2v) is 5.81. The van der Waals surface area contributed by atoms with Crippen molar-refractivity contribution in [1.29, 1.82) is 0 Å². The smallest absolute Gasteiger partial charge is 0.243 e. The van der Waals surface area contributed by atoms with Gasteiger partial charge in [0.1, 0.15) is 6.54 Å². The second kappa shape index (κ2) is 12.9. The SMILES string of the molecule is CN(C)C(=O)CN=C(NCCCF)NCC1CCCCC1.I. The van der Waals surface area contributed by atoms with Crippen LogP contribution in [0.25, 0.3) is 0 Å². The summed E-state index contributed by atoms with van der Waals surface area (Å²) >= 11 is 0. The first kappa shape index (κ1) is 21.4. The number of hydrogen-bond acceptors (Lipinski definition) is 2. The van der Waals surface area contributed by atoms with E-state index in [4.69, 9.17) is 0 Å². The molecule has 0 aromatic rings. The summed E-state index contributed by atoms with van der Waals surface area (Å²) in [4.78, 5) is 17.4. The molecule has 0 bridgehead atoms. The number of nitrogens with one attached hydrogen (secondary N) is 2. The zero-order valence-corrected chi connectivity index (χ0v) is 16.1. The number of guanidine groups is 1. The van der Waals surface area contributed by atoms with Gasteiger partial charge in [0.15, 0.2) is 5.96 Å². The summed E-state index contributed by atoms with van der Waals surface area (Å²) < 4.78 is 12.2. The predicted molar refractivity (Wildman–Crippen MR) is 99.6 cm³/mol. The molecule has 7 heteroatoms. The highest BCUT2D eigenvalue weighted by atomic mass is 127. The number of carbonyl (C=O) groups is 1. The molecular weight excluding hydrogens is 398 g/mol. The minimum Gasteiger partial charge on any atom is -0.356 e. The first-order valence-corrected chi connectivity index (χ1v) is 7.91. The molecule has 1 saturated carbocycles. The van der Waals surface area contributed by atoms with E-state index in [1.54, 1.807) is 14.1 Å². The summed E-state index contributed by atoms with van der Waals surface area (Å²) in [7, 11) is 3.42. The van der Waals surface area contributed by atoms with Gasteiger partial charge in [-0.05, 0) is 25.2 Å². The lowest BCUT2D eigenvalue weighted by Crippen LogP contribution is -2.41. The molecule has 0 aromatic carbocycles. The van der Waals surface area contributed by atoms with E-state index in [0.717, 1.165) is 6.54 Å². The summed E-state index contributed by atoms with van der Waals surface area (Å²) in [5.74, 6) is 1.25. The van der Waals surface area contributed by atoms with E-state index in [1.807, 2.05) is 0 Å². The van der Waals surface area contributed by atoms with Gasteiger partial charge in [0.25, 0.3) is 0 Å². The molecule has 1 amide bonds. The first-order valence-electron chi connectivity index (χ1n) is 7.91. The van der Waals surface area contributed by atoms with Crippen LogP contribution in [-0.2, 0) is 4.79 Å². The fraction of sp³-hybridized carbons (Fsp3) is 0.867. The van der Waals surface area contributed by atoms with Crippen LogP contribution in [0.5, 0.6) is 0 Å². The van der Waals surface area contributed by atoms with E-state index in [1.165, 1.54) is 37.0 Å². The topological polar surface area (TPSA) is 56.7 Å². The number of aliphatic imine (C=N–C) groups is 1. The fourth-order valence-corrected chi connectivity index (χ4v) is 2.37. The van der Waals surface area contributed by atoms with Gasteiger partial charge in [-0.2, -0.15) is 0 Å². The van der Waals surface area contributed by atoms with E-state index in [-0.39, 0.29) is 43.1 Å². The van der Waals surface area contributed by atoms with Crippen LogP contribution in [0.15, 0.2) is 4.99 Å². The number of amides is 1. The standard InChI is InChI=1S/C15H29FN4O.HI/c1-20(2)14(21)12-19-15(17-10-6-9-16)18-11-13-7-4-3-5-8-13;/h13H,3-12H2,1-2H3,(H2,17,18,19);1H. The summed E-state index contributed by atoms with van der Waals surface area (Å²) in [6, 6.07) is 0. The van der Waals surface area contributed by atoms with Crippen molar-refractivity contribution in [1.82, 2.24) is 15.5 Å². The maximum atomic E-state index is 12.2. The molecule has 0 unspecified atom stereocenters. The molecular formula is C15H30FIN4O. The number of likely N-dealkylation sites (N-methyl/N-ethyl adjacent to an activating group) is 1. The van der Waals surface area contributed by atoms with E-state index in [0.29, 0.717) is 24.8 Å². The van der Waals surface area contributed by atoms with Gasteiger partial charge in [0.2, 0.25) is 5.91 Å². The third-order valence-electron chi connectivity index (χ3n) is 3.76. The molecule has 1 aliphatic rings. The lowest BCUT2D eigenvalue weighted by atomic mass is 9.89. The van der Waals surface area contributed by atoms with Crippen molar-refractivity contribution in [3.05, 3.63) is 0 Å². The zero-order chi connectivity index (χ0) is 15.5. The molecule has 0 atom stereocenters. The number of rotatable bonds is 7. The van der Waals surface area contributed by atoms with Crippen LogP contribution in [0.3, 0.4) is 0 Å². The number of alkyl halides is 1. The highest BCUT2D eigenvalue weighted by Crippen LogP contribution is 2.22. The Morgan fingerprint density at radius 2 is 1.91 bits per heavy atom. The van der Waals surface area contributed by atoms with E-state index in [9.17, 15) is 9.18 Å². The van der Waals surface area contributed by atoms with Crippen molar-refractivity contribution in [2.45, 2.75) is 38.5 Å². The Hall–Kier alpha value is -0.600. The highest BCUT2D eigenvalue weighted by Gasteiger charge is 2.13. The molecule has 0 radical (unpaired) electrons. The molecule has 2 N–H and O–H groups in total. The lowest BCUT2D eigenvalue weighted by Gasteiger charge is -2.23. The number of carbonyl (C=O) groups excluding carboxylic acids is 1. The van der Waals surface area contributed by atoms with Crippen molar-refractivity contribution in [3.63, 3.8) is 0 Å². The molecule has 0 saturated heterocycles. The average Bonchev–Trinajstić information content (AvgIpc) is 2.50. The van der Waals surface area contributed by atoms with Gasteiger partial charge in [-0.3, -0.25) is 9.18 Å². The third-order valence-corrected chi connectivity index (χ3v) is 3.76. The average molecular weight is 428 g/mol. The van der Waals surface area contributed by atoms with Gasteiger partial charge in [-0.1, -0.05) is 19.3 Å². The van der Waals surface area contributed by atoms with Crippen molar-refractivity contribution in [3.8, 4) is 0 Å². The molecule has 0 spiro atoms. The van der Waals surface area contributed by atoms with E-state index < -0.39 is 0 Å². The van der Waals surface area contributed by atoms with Crippen LogP contribution in [0.1, 0.15) is 38.5 Å². The molecule has 0 aromatic heterocycles. The van der Waals surface area contributed by atoms with Gasteiger partial charge in [-0.25, -0.2) is 4.99 Å². The molecule has 22 heavy (non-hydrogen) atoms. The maximum absolute atomic E-state index is 12.2. The summed E-state index contributed by atoms with van der Waals surface area (Å²) in [6.07, 6.45) is 6.89. The van der Waals surface area contributed by atoms with E-state index in [2.05, 4.69) is 15.6 Å². The Morgan fingerprint density at radius 1 is 1.23 bits per heavy atom. The van der Waals surface area contributed by atoms with Crippen molar-refractivity contribution in [2.75, 3.05) is 40.4 Å². The van der Waals surface area contributed by atoms with Gasteiger partial charge in [-0.15, -0.1) is 24.0 Å². The van der Waals surface area contributed by atoms with Crippen LogP contribution in [0.4, 0.5) is 4.39 Å². The monoisotopic (exact) mass is 428 g/mol. The van der Waals surface area contributed by atoms with Crippen LogP contribution in [0, 0.1) is 5.92 Å². The Kier molecular flexibility index (Phi) is 12.5. The van der Waals surface area contributed by atoms with Crippen LogP contribution in [0.2, 0.25) is 0 Å². The molecule has 1 rings (SSSR count). The summed E-state index contributed by atoms with van der Waals surface area (Å²) in [5, 5.41) is 6.37. The van der Waals surface area contributed by atoms with Gasteiger partial charge < -0.3 is 15.5 Å². The van der Waals surface area contributed by atoms with Crippen molar-refractivity contribution in [2.24, 2.45) is 10.9 Å².